The standard InChI is InChI=1S/C59H105N2O16P/c1-3-5-7-9-11-13-15-17-19-21-23-25-27-29-31-33-54(65)72-46-50(75-55(66)34-32-30-28-26-24-22-20-18-16-14-12-10-8-6-4-2)47-74-78(70,71)73-44-43-61-53(64)40-39-52(63)60-42-41-48-35-37-49(38-36-48)76-59-58(69)57(68)56(67)51(45-62)77-59/h35-38,50-51,56-59,62,67-69H,3-34,39-47H2,1-2H3,(H,60,63)(H,61,64)(H,70,71)/t50?,51?,56-,57+,58?,59+/m1/s1. The molecule has 1 fully saturated rings. The summed E-state index contributed by atoms with van der Waals surface area (Å²) >= 11 is 0. The van der Waals surface area contributed by atoms with E-state index >= 15 is 0 Å². The van der Waals surface area contributed by atoms with Crippen molar-refractivity contribution in [1.29, 1.82) is 0 Å². The molecule has 1 aromatic carbocycles. The van der Waals surface area contributed by atoms with Gasteiger partial charge in [-0.15, -0.1) is 0 Å². The van der Waals surface area contributed by atoms with E-state index in [9.17, 15) is 49.1 Å². The van der Waals surface area contributed by atoms with E-state index in [4.69, 9.17) is 28.0 Å². The number of esters is 2. The number of rotatable bonds is 51. The number of aliphatic hydroxyl groups excluding tert-OH is 4. The average Bonchev–Trinajstić information content (AvgIpc) is 3.44. The number of amides is 2. The Morgan fingerprint density at radius 3 is 1.45 bits per heavy atom. The number of ether oxygens (including phenoxy) is 4. The Morgan fingerprint density at radius 1 is 0.551 bits per heavy atom. The molecule has 1 heterocycles. The highest BCUT2D eigenvalue weighted by Gasteiger charge is 2.44. The molecule has 1 aromatic rings. The van der Waals surface area contributed by atoms with Crippen LogP contribution in [-0.4, -0.2) is 125 Å². The summed E-state index contributed by atoms with van der Waals surface area (Å²) in [6, 6.07) is 6.67. The fourth-order valence-electron chi connectivity index (χ4n) is 9.25. The molecule has 78 heavy (non-hydrogen) atoms. The average molecular weight is 1130 g/mol. The predicted molar refractivity (Wildman–Crippen MR) is 301 cm³/mol. The van der Waals surface area contributed by atoms with Crippen molar-refractivity contribution in [2.45, 2.75) is 275 Å². The largest absolute Gasteiger partial charge is 0.472 e. The van der Waals surface area contributed by atoms with Gasteiger partial charge in [0.15, 0.2) is 6.10 Å². The monoisotopic (exact) mass is 1130 g/mol. The summed E-state index contributed by atoms with van der Waals surface area (Å²) in [5.74, 6) is -1.50. The van der Waals surface area contributed by atoms with Crippen LogP contribution in [0.4, 0.5) is 0 Å². The first-order valence-electron chi connectivity index (χ1n) is 30.3. The fraction of sp³-hybridized carbons (Fsp3) is 0.831. The van der Waals surface area contributed by atoms with Crippen LogP contribution in [0.25, 0.3) is 0 Å². The maximum atomic E-state index is 12.9. The third-order valence-corrected chi connectivity index (χ3v) is 15.1. The van der Waals surface area contributed by atoms with Crippen LogP contribution in [0, 0.1) is 0 Å². The number of benzene rings is 1. The molecule has 0 aromatic heterocycles. The number of unbranched alkanes of at least 4 members (excludes halogenated alkanes) is 28. The number of hydrogen-bond acceptors (Lipinski definition) is 15. The quantitative estimate of drug-likeness (QED) is 0.0182. The van der Waals surface area contributed by atoms with Crippen molar-refractivity contribution in [1.82, 2.24) is 10.6 Å². The first-order valence-corrected chi connectivity index (χ1v) is 31.8. The summed E-state index contributed by atoms with van der Waals surface area (Å²) < 4.78 is 45.0. The molecule has 0 spiro atoms. The van der Waals surface area contributed by atoms with E-state index < -0.39 is 82.3 Å². The molecule has 1 aliphatic rings. The highest BCUT2D eigenvalue weighted by atomic mass is 31.2. The summed E-state index contributed by atoms with van der Waals surface area (Å²) in [6.07, 6.45) is 28.6. The van der Waals surface area contributed by atoms with Gasteiger partial charge in [0, 0.05) is 38.8 Å². The lowest BCUT2D eigenvalue weighted by atomic mass is 9.99. The Morgan fingerprint density at radius 2 is 0.987 bits per heavy atom. The minimum Gasteiger partial charge on any atom is -0.462 e. The lowest BCUT2D eigenvalue weighted by Gasteiger charge is -2.39. The van der Waals surface area contributed by atoms with Crippen LogP contribution >= 0.6 is 7.82 Å². The van der Waals surface area contributed by atoms with Gasteiger partial charge in [-0.25, -0.2) is 4.57 Å². The number of phosphoric ester groups is 1. The molecule has 1 aliphatic heterocycles. The molecular formula is C59H105N2O16P. The van der Waals surface area contributed by atoms with Gasteiger partial charge < -0.3 is 54.9 Å². The molecule has 0 bridgehead atoms. The zero-order valence-corrected chi connectivity index (χ0v) is 48.8. The first-order chi connectivity index (χ1) is 37.8. The highest BCUT2D eigenvalue weighted by molar-refractivity contribution is 7.47. The molecule has 1 saturated heterocycles. The number of aliphatic hydroxyl groups is 4. The van der Waals surface area contributed by atoms with Crippen LogP contribution in [0.3, 0.4) is 0 Å². The van der Waals surface area contributed by atoms with Crippen LogP contribution in [0.1, 0.15) is 238 Å². The number of carbonyl (C=O) groups is 4. The van der Waals surface area contributed by atoms with Crippen molar-refractivity contribution in [2.24, 2.45) is 0 Å². The maximum absolute atomic E-state index is 12.9. The first kappa shape index (κ1) is 70.9. The van der Waals surface area contributed by atoms with Crippen LogP contribution in [0.5, 0.6) is 5.75 Å². The topological polar surface area (TPSA) is 266 Å². The van der Waals surface area contributed by atoms with Crippen LogP contribution in [0.15, 0.2) is 24.3 Å². The smallest absolute Gasteiger partial charge is 0.462 e. The van der Waals surface area contributed by atoms with Gasteiger partial charge in [0.05, 0.1) is 19.8 Å². The van der Waals surface area contributed by atoms with E-state index in [1.807, 2.05) is 0 Å². The number of nitrogens with one attached hydrogen (secondary N) is 2. The fourth-order valence-corrected chi connectivity index (χ4v) is 10.0. The second kappa shape index (κ2) is 46.4. The number of hydrogen-bond donors (Lipinski definition) is 7. The molecule has 7 N–H and O–H groups in total. The lowest BCUT2D eigenvalue weighted by molar-refractivity contribution is -0.277. The summed E-state index contributed by atoms with van der Waals surface area (Å²) in [6.45, 7) is 2.74. The minimum absolute atomic E-state index is 0.107. The zero-order chi connectivity index (χ0) is 56.9. The van der Waals surface area contributed by atoms with Crippen molar-refractivity contribution in [3.63, 3.8) is 0 Å². The second-order valence-corrected chi connectivity index (χ2v) is 22.7. The van der Waals surface area contributed by atoms with Crippen molar-refractivity contribution in [2.75, 3.05) is 39.5 Å². The molecular weight excluding hydrogens is 1020 g/mol. The van der Waals surface area contributed by atoms with Crippen molar-refractivity contribution < 1.29 is 77.1 Å². The highest BCUT2D eigenvalue weighted by Crippen LogP contribution is 2.43. The van der Waals surface area contributed by atoms with E-state index in [1.54, 1.807) is 24.3 Å². The van der Waals surface area contributed by atoms with Crippen LogP contribution in [-0.2, 0) is 53.4 Å². The number of carbonyl (C=O) groups excluding carboxylic acids is 4. The van der Waals surface area contributed by atoms with E-state index in [2.05, 4.69) is 24.5 Å². The van der Waals surface area contributed by atoms with E-state index in [0.29, 0.717) is 25.0 Å². The SMILES string of the molecule is CCCCCCCCCCCCCCCCCC(=O)OCC(COP(=O)(O)OCCNC(=O)CCC(=O)NCCc1ccc(O[C@H]2OC(CO)[C@@H](O)[C@H](O)C2O)cc1)OC(=O)CCCCCCCCCCCCCCCCC. The third kappa shape index (κ3) is 36.9. The molecule has 2 amide bonds. The summed E-state index contributed by atoms with van der Waals surface area (Å²) in [5.41, 5.74) is 0.839. The van der Waals surface area contributed by atoms with Gasteiger partial charge in [-0.3, -0.25) is 28.2 Å². The minimum atomic E-state index is -4.68. The summed E-state index contributed by atoms with van der Waals surface area (Å²) in [5, 5.41) is 44.8. The van der Waals surface area contributed by atoms with Gasteiger partial charge in [-0.2, -0.15) is 0 Å². The summed E-state index contributed by atoms with van der Waals surface area (Å²) in [4.78, 5) is 60.8. The molecule has 452 valence electrons. The van der Waals surface area contributed by atoms with Gasteiger partial charge >= 0.3 is 19.8 Å². The number of phosphoric acid groups is 1. The van der Waals surface area contributed by atoms with Crippen molar-refractivity contribution in [3.05, 3.63) is 29.8 Å². The van der Waals surface area contributed by atoms with Crippen LogP contribution in [0.2, 0.25) is 0 Å². The molecule has 2 rings (SSSR count). The van der Waals surface area contributed by atoms with E-state index in [1.165, 1.54) is 141 Å². The lowest BCUT2D eigenvalue weighted by Crippen LogP contribution is -2.60. The van der Waals surface area contributed by atoms with Gasteiger partial charge in [-0.05, 0) is 37.0 Å². The predicted octanol–water partition coefficient (Wildman–Crippen LogP) is 10.5. The molecule has 19 heteroatoms. The van der Waals surface area contributed by atoms with Crippen molar-refractivity contribution in [3.8, 4) is 5.75 Å². The molecule has 18 nitrogen and oxygen atoms in total. The Kier molecular flexibility index (Phi) is 42.2. The van der Waals surface area contributed by atoms with E-state index in [0.717, 1.165) is 44.1 Å². The van der Waals surface area contributed by atoms with Gasteiger partial charge in [0.2, 0.25) is 18.1 Å². The van der Waals surface area contributed by atoms with Gasteiger partial charge in [0.25, 0.3) is 0 Å². The molecule has 7 atom stereocenters. The molecule has 0 aliphatic carbocycles. The molecule has 4 unspecified atom stereocenters. The Labute approximate surface area is 468 Å². The Hall–Kier alpha value is -3.19. The molecule has 0 saturated carbocycles. The second-order valence-electron chi connectivity index (χ2n) is 21.2. The van der Waals surface area contributed by atoms with Gasteiger partial charge in [-0.1, -0.05) is 206 Å². The Balaban J connectivity index is 1.68. The normalized spacial score (nSPS) is 18.5. The Bertz CT molecular complexity index is 1720. The van der Waals surface area contributed by atoms with Crippen molar-refractivity contribution >= 4 is 31.6 Å². The molecule has 0 radical (unpaired) electrons. The van der Waals surface area contributed by atoms with Gasteiger partial charge in [0.1, 0.15) is 36.8 Å². The maximum Gasteiger partial charge on any atom is 0.472 e. The summed E-state index contributed by atoms with van der Waals surface area (Å²) in [7, 11) is -4.68. The van der Waals surface area contributed by atoms with Crippen LogP contribution < -0.4 is 15.4 Å². The third-order valence-electron chi connectivity index (χ3n) is 14.1. The van der Waals surface area contributed by atoms with E-state index in [-0.39, 0.29) is 51.3 Å². The zero-order valence-electron chi connectivity index (χ0n) is 47.9.